The van der Waals surface area contributed by atoms with Gasteiger partial charge in [0.25, 0.3) is 0 Å². The van der Waals surface area contributed by atoms with Crippen molar-refractivity contribution in [2.24, 2.45) is 4.99 Å². The van der Waals surface area contributed by atoms with Crippen LogP contribution in [0.4, 0.5) is 24.5 Å². The number of nitrogens with zero attached hydrogens (tertiary/aromatic N) is 2. The van der Waals surface area contributed by atoms with E-state index in [2.05, 4.69) is 17.2 Å². The highest BCUT2D eigenvalue weighted by molar-refractivity contribution is 8.14. The van der Waals surface area contributed by atoms with E-state index in [4.69, 9.17) is 12.2 Å². The van der Waals surface area contributed by atoms with Gasteiger partial charge in [-0.2, -0.15) is 13.2 Å². The molecule has 0 saturated carbocycles. The Labute approximate surface area is 159 Å². The van der Waals surface area contributed by atoms with Crippen LogP contribution in [0.5, 0.6) is 0 Å². The molecule has 1 aliphatic heterocycles. The van der Waals surface area contributed by atoms with E-state index in [-0.39, 0.29) is 5.25 Å². The van der Waals surface area contributed by atoms with Gasteiger partial charge in [0.1, 0.15) is 0 Å². The monoisotopic (exact) mass is 395 g/mol. The minimum atomic E-state index is -4.39. The van der Waals surface area contributed by atoms with Gasteiger partial charge in [-0.1, -0.05) is 43.0 Å². The molecule has 1 aliphatic rings. The second kappa shape index (κ2) is 7.67. The second-order valence-corrected chi connectivity index (χ2v) is 7.57. The Hall–Kier alpha value is -2.06. The van der Waals surface area contributed by atoms with E-state index in [0.717, 1.165) is 23.0 Å². The smallest absolute Gasteiger partial charge is 0.332 e. The molecule has 1 heterocycles. The molecule has 0 radical (unpaired) electrons. The van der Waals surface area contributed by atoms with Gasteiger partial charge >= 0.3 is 6.18 Å². The summed E-state index contributed by atoms with van der Waals surface area (Å²) in [6.45, 7) is 2.69. The van der Waals surface area contributed by atoms with Gasteiger partial charge < -0.3 is 5.32 Å². The number of rotatable bonds is 2. The molecule has 0 aliphatic carbocycles. The third-order valence-corrected chi connectivity index (χ3v) is 5.04. The molecule has 1 unspecified atom stereocenters. The summed E-state index contributed by atoms with van der Waals surface area (Å²) in [5, 5.41) is 4.23. The van der Waals surface area contributed by atoms with Gasteiger partial charge in [-0.15, -0.1) is 0 Å². The Morgan fingerprint density at radius 2 is 1.92 bits per heavy atom. The topological polar surface area (TPSA) is 27.6 Å². The van der Waals surface area contributed by atoms with Gasteiger partial charge in [0.05, 0.1) is 11.3 Å². The van der Waals surface area contributed by atoms with E-state index in [0.29, 0.717) is 17.3 Å². The summed E-state index contributed by atoms with van der Waals surface area (Å²) in [4.78, 5) is 6.42. The molecule has 136 valence electrons. The highest BCUT2D eigenvalue weighted by atomic mass is 32.2. The molecule has 1 fully saturated rings. The van der Waals surface area contributed by atoms with E-state index < -0.39 is 11.7 Å². The summed E-state index contributed by atoms with van der Waals surface area (Å²) in [5.41, 5.74) is 0.386. The number of amidine groups is 1. The number of hydrogen-bond acceptors (Lipinski definition) is 3. The zero-order valence-electron chi connectivity index (χ0n) is 13.8. The van der Waals surface area contributed by atoms with Crippen molar-refractivity contribution in [3.8, 4) is 0 Å². The number of aliphatic imine (C=N–C) groups is 1. The van der Waals surface area contributed by atoms with Crippen molar-refractivity contribution in [2.75, 3.05) is 11.9 Å². The summed E-state index contributed by atoms with van der Waals surface area (Å²) in [6.07, 6.45) is -4.39. The summed E-state index contributed by atoms with van der Waals surface area (Å²) >= 11 is 7.00. The SMILES string of the molecule is CC1CN(C(=S)Nc2cccc(C(F)(F)F)c2)/C(=N\c2ccccc2)S1. The van der Waals surface area contributed by atoms with Crippen molar-refractivity contribution in [3.05, 3.63) is 60.2 Å². The van der Waals surface area contributed by atoms with Crippen LogP contribution in [0.15, 0.2) is 59.6 Å². The number of hydrogen-bond donors (Lipinski definition) is 1. The Morgan fingerprint density at radius 3 is 2.62 bits per heavy atom. The predicted octanol–water partition coefficient (Wildman–Crippen LogP) is 5.53. The molecule has 1 atom stereocenters. The fourth-order valence-corrected chi connectivity index (χ4v) is 3.82. The first kappa shape index (κ1) is 18.7. The van der Waals surface area contributed by atoms with Crippen LogP contribution in [0, 0.1) is 0 Å². The predicted molar refractivity (Wildman–Crippen MR) is 105 cm³/mol. The minimum absolute atomic E-state index is 0.277. The Bertz CT molecular complexity index is 822. The highest BCUT2D eigenvalue weighted by Gasteiger charge is 2.31. The van der Waals surface area contributed by atoms with Crippen LogP contribution in [0.3, 0.4) is 0 Å². The molecule has 3 rings (SSSR count). The number of para-hydroxylation sites is 1. The van der Waals surface area contributed by atoms with Gasteiger partial charge in [0, 0.05) is 17.5 Å². The van der Waals surface area contributed by atoms with E-state index in [1.165, 1.54) is 6.07 Å². The molecule has 0 spiro atoms. The van der Waals surface area contributed by atoms with E-state index in [9.17, 15) is 13.2 Å². The van der Waals surface area contributed by atoms with Gasteiger partial charge in [-0.25, -0.2) is 4.99 Å². The molecule has 3 nitrogen and oxygen atoms in total. The number of thioether (sulfide) groups is 1. The molecule has 0 aromatic heterocycles. The van der Waals surface area contributed by atoms with Crippen molar-refractivity contribution in [2.45, 2.75) is 18.3 Å². The van der Waals surface area contributed by atoms with Crippen LogP contribution in [0.2, 0.25) is 0 Å². The maximum Gasteiger partial charge on any atom is 0.416 e. The van der Waals surface area contributed by atoms with Crippen molar-refractivity contribution < 1.29 is 13.2 Å². The molecule has 0 bridgehead atoms. The molecule has 1 N–H and O–H groups in total. The highest BCUT2D eigenvalue weighted by Crippen LogP contribution is 2.32. The van der Waals surface area contributed by atoms with Crippen LogP contribution in [-0.4, -0.2) is 27.0 Å². The van der Waals surface area contributed by atoms with Crippen LogP contribution in [0.25, 0.3) is 0 Å². The Morgan fingerprint density at radius 1 is 1.19 bits per heavy atom. The molecular formula is C18H16F3N3S2. The van der Waals surface area contributed by atoms with Crippen molar-refractivity contribution in [1.82, 2.24) is 4.90 Å². The lowest BCUT2D eigenvalue weighted by Crippen LogP contribution is -2.36. The Kier molecular flexibility index (Phi) is 5.52. The number of thiocarbonyl (C=S) groups is 1. The number of benzene rings is 2. The zero-order valence-corrected chi connectivity index (χ0v) is 15.5. The molecule has 8 heteroatoms. The maximum atomic E-state index is 12.9. The average Bonchev–Trinajstić information content (AvgIpc) is 2.96. The molecule has 2 aromatic carbocycles. The van der Waals surface area contributed by atoms with Crippen molar-refractivity contribution >= 4 is 45.6 Å². The minimum Gasteiger partial charge on any atom is -0.332 e. The summed E-state index contributed by atoms with van der Waals surface area (Å²) < 4.78 is 38.6. The lowest BCUT2D eigenvalue weighted by atomic mass is 10.2. The Balaban J connectivity index is 1.79. The van der Waals surface area contributed by atoms with E-state index in [1.807, 2.05) is 35.2 Å². The van der Waals surface area contributed by atoms with E-state index >= 15 is 0 Å². The standard InChI is InChI=1S/C18H16F3N3S2/c1-12-11-24(17(26-12)23-14-7-3-2-4-8-14)16(25)22-15-9-5-6-13(10-15)18(19,20)21/h2-10,12H,11H2,1H3,(H,22,25)/b23-17+. The van der Waals surface area contributed by atoms with Crippen LogP contribution in [0.1, 0.15) is 12.5 Å². The summed E-state index contributed by atoms with van der Waals surface area (Å²) in [5.74, 6) is 0. The lowest BCUT2D eigenvalue weighted by molar-refractivity contribution is -0.137. The van der Waals surface area contributed by atoms with Gasteiger partial charge in [-0.05, 0) is 42.5 Å². The fraction of sp³-hybridized carbons (Fsp3) is 0.222. The first-order valence-electron chi connectivity index (χ1n) is 7.89. The van der Waals surface area contributed by atoms with Gasteiger partial charge in [-0.3, -0.25) is 4.90 Å². The van der Waals surface area contributed by atoms with E-state index in [1.54, 1.807) is 17.8 Å². The second-order valence-electron chi connectivity index (χ2n) is 5.78. The number of alkyl halides is 3. The largest absolute Gasteiger partial charge is 0.416 e. The number of nitrogens with one attached hydrogen (secondary N) is 1. The molecule has 0 amide bonds. The molecule has 2 aromatic rings. The van der Waals surface area contributed by atoms with Crippen LogP contribution >= 0.6 is 24.0 Å². The normalized spacial score (nSPS) is 19.0. The summed E-state index contributed by atoms with van der Waals surface area (Å²) in [6, 6.07) is 14.5. The third-order valence-electron chi connectivity index (χ3n) is 3.64. The molecular weight excluding hydrogens is 379 g/mol. The third kappa shape index (κ3) is 4.56. The summed E-state index contributed by atoms with van der Waals surface area (Å²) in [7, 11) is 0. The number of anilines is 1. The molecule has 26 heavy (non-hydrogen) atoms. The quantitative estimate of drug-likeness (QED) is 0.677. The first-order chi connectivity index (χ1) is 12.3. The van der Waals surface area contributed by atoms with Gasteiger partial charge in [0.15, 0.2) is 10.3 Å². The van der Waals surface area contributed by atoms with Crippen LogP contribution in [-0.2, 0) is 6.18 Å². The lowest BCUT2D eigenvalue weighted by Gasteiger charge is -2.20. The number of halogens is 3. The first-order valence-corrected chi connectivity index (χ1v) is 9.18. The fourth-order valence-electron chi connectivity index (χ4n) is 2.45. The van der Waals surface area contributed by atoms with Gasteiger partial charge in [0.2, 0.25) is 0 Å². The average molecular weight is 395 g/mol. The van der Waals surface area contributed by atoms with Crippen molar-refractivity contribution in [3.63, 3.8) is 0 Å². The molecule has 1 saturated heterocycles. The van der Waals surface area contributed by atoms with Crippen LogP contribution < -0.4 is 5.32 Å². The van der Waals surface area contributed by atoms with Crippen molar-refractivity contribution in [1.29, 1.82) is 0 Å². The zero-order chi connectivity index (χ0) is 18.7. The maximum absolute atomic E-state index is 12.9.